The Bertz CT molecular complexity index is 983. The minimum atomic E-state index is -0.0885. The van der Waals surface area contributed by atoms with Crippen molar-refractivity contribution in [2.75, 3.05) is 11.4 Å². The fourth-order valence-corrected chi connectivity index (χ4v) is 3.57. The molecule has 7 nitrogen and oxygen atoms in total. The smallest absolute Gasteiger partial charge is 0.266 e. The number of aromatic amines is 1. The Morgan fingerprint density at radius 3 is 2.88 bits per heavy atom. The van der Waals surface area contributed by atoms with Gasteiger partial charge < -0.3 is 9.88 Å². The zero-order valence-electron chi connectivity index (χ0n) is 15.4. The fraction of sp³-hybridized carbons (Fsp3) is 0.474. The largest absolute Gasteiger partial charge is 0.351 e. The van der Waals surface area contributed by atoms with Crippen LogP contribution in [0.2, 0.25) is 0 Å². The van der Waals surface area contributed by atoms with E-state index in [1.54, 1.807) is 17.1 Å². The van der Waals surface area contributed by atoms with E-state index < -0.39 is 0 Å². The molecule has 4 heterocycles. The molecule has 1 aliphatic rings. The van der Waals surface area contributed by atoms with Crippen LogP contribution in [-0.4, -0.2) is 37.3 Å². The lowest BCUT2D eigenvalue weighted by Crippen LogP contribution is -2.38. The monoisotopic (exact) mass is 352 g/mol. The van der Waals surface area contributed by atoms with Crippen molar-refractivity contribution in [3.8, 4) is 0 Å². The molecule has 0 saturated carbocycles. The number of hydrogen-bond acceptors (Lipinski definition) is 5. The minimum absolute atomic E-state index is 0.0562. The molecule has 3 aromatic heterocycles. The van der Waals surface area contributed by atoms with Crippen LogP contribution in [0.1, 0.15) is 39.3 Å². The predicted octanol–water partition coefficient (Wildman–Crippen LogP) is 2.48. The number of rotatable bonds is 3. The van der Waals surface area contributed by atoms with Crippen LogP contribution in [0.3, 0.4) is 0 Å². The Balaban J connectivity index is 1.66. The number of H-pyrrole nitrogens is 1. The van der Waals surface area contributed by atoms with E-state index in [9.17, 15) is 4.79 Å². The second-order valence-electron chi connectivity index (χ2n) is 7.92. The summed E-state index contributed by atoms with van der Waals surface area (Å²) in [5.74, 6) is 0.929. The zero-order valence-corrected chi connectivity index (χ0v) is 15.4. The van der Waals surface area contributed by atoms with E-state index >= 15 is 0 Å². The molecule has 1 saturated heterocycles. The average Bonchev–Trinajstić information content (AvgIpc) is 3.24. The summed E-state index contributed by atoms with van der Waals surface area (Å²) >= 11 is 0. The first kappa shape index (κ1) is 16.8. The molecule has 0 radical (unpaired) electrons. The fourth-order valence-electron chi connectivity index (χ4n) is 3.57. The van der Waals surface area contributed by atoms with E-state index in [-0.39, 0.29) is 17.0 Å². The molecule has 0 bridgehead atoms. The first-order valence-corrected chi connectivity index (χ1v) is 9.07. The van der Waals surface area contributed by atoms with Crippen molar-refractivity contribution in [1.29, 1.82) is 0 Å². The van der Waals surface area contributed by atoms with Gasteiger partial charge in [-0.3, -0.25) is 4.79 Å². The third-order valence-corrected chi connectivity index (χ3v) is 5.00. The van der Waals surface area contributed by atoms with Crippen molar-refractivity contribution in [2.24, 2.45) is 0 Å². The Kier molecular flexibility index (Phi) is 4.01. The van der Waals surface area contributed by atoms with Crippen molar-refractivity contribution in [3.63, 3.8) is 0 Å². The van der Waals surface area contributed by atoms with Crippen molar-refractivity contribution < 1.29 is 0 Å². The van der Waals surface area contributed by atoms with Gasteiger partial charge in [0, 0.05) is 24.2 Å². The maximum atomic E-state index is 12.4. The highest BCUT2D eigenvalue weighted by Crippen LogP contribution is 2.29. The van der Waals surface area contributed by atoms with Gasteiger partial charge in [-0.25, -0.2) is 14.6 Å². The summed E-state index contributed by atoms with van der Waals surface area (Å²) in [5, 5.41) is 5.64. The van der Waals surface area contributed by atoms with E-state index in [1.807, 2.05) is 18.3 Å². The Morgan fingerprint density at radius 1 is 1.23 bits per heavy atom. The summed E-state index contributed by atoms with van der Waals surface area (Å²) in [6, 6.07) is 5.66. The van der Waals surface area contributed by atoms with E-state index in [2.05, 4.69) is 45.7 Å². The van der Waals surface area contributed by atoms with Gasteiger partial charge in [0.05, 0.1) is 23.7 Å². The molecule has 0 aliphatic carbocycles. The van der Waals surface area contributed by atoms with Crippen LogP contribution in [0.5, 0.6) is 0 Å². The van der Waals surface area contributed by atoms with Gasteiger partial charge in [-0.2, -0.15) is 5.10 Å². The van der Waals surface area contributed by atoms with Crippen molar-refractivity contribution in [1.82, 2.24) is 24.7 Å². The van der Waals surface area contributed by atoms with Crippen molar-refractivity contribution >= 4 is 16.9 Å². The topological polar surface area (TPSA) is 79.7 Å². The molecular weight excluding hydrogens is 328 g/mol. The quantitative estimate of drug-likeness (QED) is 0.783. The van der Waals surface area contributed by atoms with Crippen LogP contribution in [0.4, 0.5) is 5.82 Å². The van der Waals surface area contributed by atoms with Crippen LogP contribution >= 0.6 is 0 Å². The van der Waals surface area contributed by atoms with Gasteiger partial charge >= 0.3 is 0 Å². The summed E-state index contributed by atoms with van der Waals surface area (Å²) < 4.78 is 1.61. The molecule has 4 rings (SSSR count). The SMILES string of the molecule is CC(C)(C)c1ccc(=O)n(CC2CCCN2c2ncnc3[nH]ccc23)n1. The van der Waals surface area contributed by atoms with Gasteiger partial charge in [-0.15, -0.1) is 0 Å². The molecule has 136 valence electrons. The van der Waals surface area contributed by atoms with Gasteiger partial charge in [-0.05, 0) is 25.0 Å². The zero-order chi connectivity index (χ0) is 18.3. The van der Waals surface area contributed by atoms with Crippen LogP contribution in [0.15, 0.2) is 35.5 Å². The van der Waals surface area contributed by atoms with Crippen LogP contribution in [0.25, 0.3) is 11.0 Å². The average molecular weight is 352 g/mol. The molecule has 0 spiro atoms. The standard InChI is InChI=1S/C19H24N6O/c1-19(2,3)15-6-7-16(26)25(23-15)11-13-5-4-10-24(13)18-14-8-9-20-17(14)21-12-22-18/h6-9,12-13H,4-5,10-11H2,1-3H3,(H,20,21,22). The molecule has 0 amide bonds. The molecule has 1 fully saturated rings. The third-order valence-electron chi connectivity index (χ3n) is 5.00. The molecule has 1 N–H and O–H groups in total. The highest BCUT2D eigenvalue weighted by Gasteiger charge is 2.28. The maximum absolute atomic E-state index is 12.4. The molecule has 0 aromatic carbocycles. The van der Waals surface area contributed by atoms with E-state index in [0.29, 0.717) is 6.54 Å². The van der Waals surface area contributed by atoms with Crippen LogP contribution in [-0.2, 0) is 12.0 Å². The minimum Gasteiger partial charge on any atom is -0.351 e. The lowest BCUT2D eigenvalue weighted by atomic mass is 9.92. The number of anilines is 1. The van der Waals surface area contributed by atoms with Gasteiger partial charge in [0.2, 0.25) is 0 Å². The van der Waals surface area contributed by atoms with Crippen molar-refractivity contribution in [2.45, 2.75) is 51.6 Å². The second-order valence-corrected chi connectivity index (χ2v) is 7.92. The molecule has 26 heavy (non-hydrogen) atoms. The van der Waals surface area contributed by atoms with E-state index in [0.717, 1.165) is 41.9 Å². The number of fused-ring (bicyclic) bond motifs is 1. The summed E-state index contributed by atoms with van der Waals surface area (Å²) in [7, 11) is 0. The van der Waals surface area contributed by atoms with Gasteiger partial charge in [-0.1, -0.05) is 20.8 Å². The van der Waals surface area contributed by atoms with Gasteiger partial charge in [0.15, 0.2) is 0 Å². The third kappa shape index (κ3) is 2.98. The highest BCUT2D eigenvalue weighted by molar-refractivity contribution is 5.87. The maximum Gasteiger partial charge on any atom is 0.266 e. The molecule has 7 heteroatoms. The van der Waals surface area contributed by atoms with Crippen LogP contribution < -0.4 is 10.5 Å². The first-order valence-electron chi connectivity index (χ1n) is 9.07. The number of nitrogens with zero attached hydrogens (tertiary/aromatic N) is 5. The Labute approximate surface area is 152 Å². The van der Waals surface area contributed by atoms with E-state index in [1.165, 1.54) is 0 Å². The van der Waals surface area contributed by atoms with Crippen molar-refractivity contribution in [3.05, 3.63) is 46.8 Å². The van der Waals surface area contributed by atoms with Gasteiger partial charge in [0.25, 0.3) is 5.56 Å². The lowest BCUT2D eigenvalue weighted by Gasteiger charge is -2.27. The summed E-state index contributed by atoms with van der Waals surface area (Å²) in [4.78, 5) is 26.6. The normalized spacial score (nSPS) is 18.0. The first-order chi connectivity index (χ1) is 12.4. The molecular formula is C19H24N6O. The Hall–Kier alpha value is -2.70. The highest BCUT2D eigenvalue weighted by atomic mass is 16.1. The summed E-state index contributed by atoms with van der Waals surface area (Å²) in [6.45, 7) is 7.81. The van der Waals surface area contributed by atoms with E-state index in [4.69, 9.17) is 0 Å². The number of aromatic nitrogens is 5. The van der Waals surface area contributed by atoms with Crippen LogP contribution in [0, 0.1) is 0 Å². The molecule has 1 aliphatic heterocycles. The lowest BCUT2D eigenvalue weighted by molar-refractivity contribution is 0.457. The Morgan fingerprint density at radius 2 is 2.08 bits per heavy atom. The molecule has 3 aromatic rings. The molecule has 1 atom stereocenters. The summed E-state index contributed by atoms with van der Waals surface area (Å²) in [5.41, 5.74) is 1.62. The molecule has 1 unspecified atom stereocenters. The predicted molar refractivity (Wildman–Crippen MR) is 101 cm³/mol. The van der Waals surface area contributed by atoms with Gasteiger partial charge in [0.1, 0.15) is 17.8 Å². The summed E-state index contributed by atoms with van der Waals surface area (Å²) in [6.07, 6.45) is 5.57. The second kappa shape index (κ2) is 6.23. The number of hydrogen-bond donors (Lipinski definition) is 1. The number of nitrogens with one attached hydrogen (secondary N) is 1.